The predicted octanol–water partition coefficient (Wildman–Crippen LogP) is 4.11. The topological polar surface area (TPSA) is 109 Å². The van der Waals surface area contributed by atoms with Crippen LogP contribution in [0, 0.1) is 0 Å². The molecule has 0 amide bonds. The van der Waals surface area contributed by atoms with Gasteiger partial charge in [0.25, 0.3) is 0 Å². The molecule has 1 heterocycles. The maximum absolute atomic E-state index is 13.1. The number of aromatic hydroxyl groups is 1. The van der Waals surface area contributed by atoms with Crippen LogP contribution in [0.3, 0.4) is 0 Å². The molecule has 0 unspecified atom stereocenters. The van der Waals surface area contributed by atoms with Gasteiger partial charge in [0.2, 0.25) is 15.8 Å². The quantitative estimate of drug-likeness (QED) is 0.497. The first-order valence-corrected chi connectivity index (χ1v) is 12.0. The van der Waals surface area contributed by atoms with Crippen LogP contribution in [0.2, 0.25) is 0 Å². The normalized spacial score (nSPS) is 17.4. The van der Waals surface area contributed by atoms with Crippen molar-refractivity contribution >= 4 is 65.0 Å². The summed E-state index contributed by atoms with van der Waals surface area (Å²) in [5.74, 6) is -0.645. The number of phenolic OH excluding ortho intramolecular Hbond substituents is 1. The van der Waals surface area contributed by atoms with E-state index in [2.05, 4.69) is 37.2 Å². The summed E-state index contributed by atoms with van der Waals surface area (Å²) < 4.78 is 24.7. The maximum atomic E-state index is 13.1. The fourth-order valence-electron chi connectivity index (χ4n) is 3.51. The summed E-state index contributed by atoms with van der Waals surface area (Å²) in [6.07, 6.45) is 5.31. The first-order valence-electron chi connectivity index (χ1n) is 8.92. The summed E-state index contributed by atoms with van der Waals surface area (Å²) in [5.41, 5.74) is 4.40. The molecule has 4 rings (SSSR count). The Kier molecular flexibility index (Phi) is 5.48. The van der Waals surface area contributed by atoms with E-state index in [1.165, 1.54) is 6.08 Å². The number of anilines is 1. The van der Waals surface area contributed by atoms with Gasteiger partial charge in [0, 0.05) is 17.8 Å². The lowest BCUT2D eigenvalue weighted by atomic mass is 9.88. The lowest BCUT2D eigenvalue weighted by Gasteiger charge is -2.18. The molecule has 2 aliphatic rings. The number of benzene rings is 2. The fraction of sp³-hybridized carbons (Fsp3) is 0.0952. The van der Waals surface area contributed by atoms with E-state index in [0.29, 0.717) is 20.1 Å². The Labute approximate surface area is 190 Å². The summed E-state index contributed by atoms with van der Waals surface area (Å²) in [6, 6.07) is 9.12. The predicted molar refractivity (Wildman–Crippen MR) is 124 cm³/mol. The van der Waals surface area contributed by atoms with Gasteiger partial charge < -0.3 is 10.4 Å². The van der Waals surface area contributed by atoms with E-state index in [1.54, 1.807) is 24.3 Å². The monoisotopic (exact) mass is 550 g/mol. The van der Waals surface area contributed by atoms with Gasteiger partial charge in [-0.25, -0.2) is 13.6 Å². The molecule has 0 spiro atoms. The molecule has 0 bridgehead atoms. The Morgan fingerprint density at radius 2 is 1.80 bits per heavy atom. The van der Waals surface area contributed by atoms with E-state index in [9.17, 15) is 18.3 Å². The summed E-state index contributed by atoms with van der Waals surface area (Å²) >= 11 is 6.54. The Hall–Kier alpha value is -2.20. The average Bonchev–Trinajstić information content (AvgIpc) is 3.14. The van der Waals surface area contributed by atoms with Crippen LogP contribution >= 0.6 is 31.9 Å². The Morgan fingerprint density at radius 1 is 1.10 bits per heavy atom. The van der Waals surface area contributed by atoms with Gasteiger partial charge in [-0.05, 0) is 97.0 Å². The highest BCUT2D eigenvalue weighted by Gasteiger charge is 2.30. The van der Waals surface area contributed by atoms with Gasteiger partial charge in [0.15, 0.2) is 0 Å². The lowest BCUT2D eigenvalue weighted by molar-refractivity contribution is -0.111. The zero-order valence-electron chi connectivity index (χ0n) is 15.4. The van der Waals surface area contributed by atoms with Gasteiger partial charge in [-0.3, -0.25) is 4.79 Å². The van der Waals surface area contributed by atoms with Gasteiger partial charge >= 0.3 is 0 Å². The number of nitrogens with two attached hydrogens (primary N) is 1. The first kappa shape index (κ1) is 21.0. The number of hydrogen-bond acceptors (Lipinski definition) is 5. The van der Waals surface area contributed by atoms with Crippen LogP contribution in [-0.4, -0.2) is 25.9 Å². The van der Waals surface area contributed by atoms with Crippen LogP contribution in [-0.2, 0) is 21.2 Å². The Morgan fingerprint density at radius 3 is 2.47 bits per heavy atom. The van der Waals surface area contributed by atoms with Crippen LogP contribution in [0.4, 0.5) is 5.69 Å². The molecule has 1 aliphatic carbocycles. The molecule has 4 N–H and O–H groups in total. The molecular weight excluding hydrogens is 536 g/mol. The van der Waals surface area contributed by atoms with Crippen molar-refractivity contribution in [3.8, 4) is 5.75 Å². The number of primary sulfonamides is 1. The number of Topliss-reactive ketones (excluding diaryl/α,β-unsaturated/α-hetero) is 1. The van der Waals surface area contributed by atoms with Crippen molar-refractivity contribution < 1.29 is 18.3 Å². The average molecular weight is 552 g/mol. The third-order valence-electron chi connectivity index (χ3n) is 4.94. The molecule has 0 saturated carbocycles. The van der Waals surface area contributed by atoms with E-state index in [1.807, 2.05) is 18.2 Å². The number of allylic oxidation sites excluding steroid dienone is 5. The number of halogens is 2. The molecule has 0 aromatic heterocycles. The summed E-state index contributed by atoms with van der Waals surface area (Å²) in [4.78, 5) is 12.6. The van der Waals surface area contributed by atoms with Gasteiger partial charge in [0.05, 0.1) is 8.95 Å². The number of ketones is 1. The number of hydrogen-bond donors (Lipinski definition) is 3. The van der Waals surface area contributed by atoms with E-state index in [4.69, 9.17) is 5.14 Å². The minimum Gasteiger partial charge on any atom is -0.506 e. The first-order chi connectivity index (χ1) is 14.1. The number of rotatable bonds is 3. The van der Waals surface area contributed by atoms with Gasteiger partial charge in [0.1, 0.15) is 10.7 Å². The van der Waals surface area contributed by atoms with Crippen LogP contribution < -0.4 is 10.5 Å². The second-order valence-corrected chi connectivity index (χ2v) is 10.2. The second kappa shape index (κ2) is 7.81. The Balaban J connectivity index is 1.90. The third kappa shape index (κ3) is 3.90. The number of carbonyl (C=O) groups excluding carboxylic acids is 1. The summed E-state index contributed by atoms with van der Waals surface area (Å²) in [5, 5.41) is 18.5. The number of fused-ring (bicyclic) bond motifs is 1. The molecule has 0 atom stereocenters. The number of sulfonamides is 1. The molecule has 2 aromatic carbocycles. The minimum atomic E-state index is -4.18. The van der Waals surface area contributed by atoms with Crippen molar-refractivity contribution in [2.45, 2.75) is 6.42 Å². The van der Waals surface area contributed by atoms with Crippen molar-refractivity contribution in [3.05, 3.63) is 78.6 Å². The van der Waals surface area contributed by atoms with Crippen LogP contribution in [0.25, 0.3) is 11.6 Å². The van der Waals surface area contributed by atoms with Crippen molar-refractivity contribution in [1.29, 1.82) is 0 Å². The van der Waals surface area contributed by atoms with Gasteiger partial charge in [-0.2, -0.15) is 0 Å². The summed E-state index contributed by atoms with van der Waals surface area (Å²) in [7, 11) is -4.18. The van der Waals surface area contributed by atoms with E-state index < -0.39 is 20.7 Å². The van der Waals surface area contributed by atoms with E-state index in [0.717, 1.165) is 29.8 Å². The fourth-order valence-corrected chi connectivity index (χ4v) is 5.35. The second-order valence-electron chi connectivity index (χ2n) is 6.93. The largest absolute Gasteiger partial charge is 0.506 e. The number of phenols is 1. The van der Waals surface area contributed by atoms with Crippen LogP contribution in [0.1, 0.15) is 16.7 Å². The molecule has 154 valence electrons. The molecule has 1 aliphatic heterocycles. The van der Waals surface area contributed by atoms with Crippen LogP contribution in [0.15, 0.2) is 61.9 Å². The lowest BCUT2D eigenvalue weighted by Crippen LogP contribution is -2.24. The summed E-state index contributed by atoms with van der Waals surface area (Å²) in [6.45, 7) is 0.852. The SMILES string of the molecule is NS(=O)(=O)C1=CC=C(c2ccc3c(c2)CCN3)C(=Cc2cc(Br)c(O)c(Br)c2)C1=O. The Bertz CT molecular complexity index is 1270. The van der Waals surface area contributed by atoms with E-state index in [-0.39, 0.29) is 11.3 Å². The highest BCUT2D eigenvalue weighted by molar-refractivity contribution is 9.11. The zero-order chi connectivity index (χ0) is 21.6. The molecular formula is C21H16Br2N2O4S. The molecule has 6 nitrogen and oxygen atoms in total. The highest BCUT2D eigenvalue weighted by atomic mass is 79.9. The zero-order valence-corrected chi connectivity index (χ0v) is 19.4. The van der Waals surface area contributed by atoms with Gasteiger partial charge in [-0.1, -0.05) is 12.1 Å². The molecule has 2 aromatic rings. The van der Waals surface area contributed by atoms with Crippen molar-refractivity contribution in [2.75, 3.05) is 11.9 Å². The smallest absolute Gasteiger partial charge is 0.241 e. The van der Waals surface area contributed by atoms with Crippen LogP contribution in [0.5, 0.6) is 5.75 Å². The number of carbonyl (C=O) groups is 1. The maximum Gasteiger partial charge on any atom is 0.241 e. The van der Waals surface area contributed by atoms with Crippen molar-refractivity contribution in [3.63, 3.8) is 0 Å². The minimum absolute atomic E-state index is 0.0270. The molecule has 0 fully saturated rings. The molecule has 0 saturated heterocycles. The molecule has 30 heavy (non-hydrogen) atoms. The molecule has 0 radical (unpaired) electrons. The highest BCUT2D eigenvalue weighted by Crippen LogP contribution is 2.38. The molecule has 9 heteroatoms. The van der Waals surface area contributed by atoms with Crippen molar-refractivity contribution in [1.82, 2.24) is 0 Å². The number of nitrogens with one attached hydrogen (secondary N) is 1. The third-order valence-corrected chi connectivity index (χ3v) is 7.09. The standard InChI is InChI=1S/C21H16Br2N2O4S/c22-16-8-11(9-17(23)21(16)27)7-15-14(2-4-19(20(15)26)30(24,28)29)12-1-3-18-13(10-12)5-6-25-18/h1-4,7-10,25,27H,5-6H2,(H2,24,28,29). The van der Waals surface area contributed by atoms with Gasteiger partial charge in [-0.15, -0.1) is 0 Å². The van der Waals surface area contributed by atoms with Crippen molar-refractivity contribution in [2.24, 2.45) is 5.14 Å². The van der Waals surface area contributed by atoms with E-state index >= 15 is 0 Å².